The van der Waals surface area contributed by atoms with Crippen LogP contribution in [0.5, 0.6) is 0 Å². The molecular weight excluding hydrogens is 483 g/mol. The highest BCUT2D eigenvalue weighted by Crippen LogP contribution is 2.34. The minimum Gasteiger partial charge on any atom is -0.357 e. The summed E-state index contributed by atoms with van der Waals surface area (Å²) in [4.78, 5) is 26.0. The lowest BCUT2D eigenvalue weighted by molar-refractivity contribution is 0.0707. The quantitative estimate of drug-likeness (QED) is 0.275. The number of anilines is 4. The first kappa shape index (κ1) is 23.8. The van der Waals surface area contributed by atoms with E-state index in [1.165, 1.54) is 6.20 Å². The molecule has 0 unspecified atom stereocenters. The summed E-state index contributed by atoms with van der Waals surface area (Å²) in [6.07, 6.45) is 4.75. The number of H-pyrrole nitrogens is 2. The van der Waals surface area contributed by atoms with E-state index in [-0.39, 0.29) is 23.5 Å². The second-order valence-electron chi connectivity index (χ2n) is 8.92. The molecule has 0 atom stereocenters. The van der Waals surface area contributed by atoms with Crippen LogP contribution in [0.2, 0.25) is 5.02 Å². The Morgan fingerprint density at radius 3 is 2.69 bits per heavy atom. The predicted molar refractivity (Wildman–Crippen MR) is 137 cm³/mol. The van der Waals surface area contributed by atoms with Gasteiger partial charge in [0.15, 0.2) is 11.6 Å². The van der Waals surface area contributed by atoms with E-state index in [1.807, 2.05) is 30.9 Å². The van der Waals surface area contributed by atoms with Crippen LogP contribution in [0, 0.1) is 19.7 Å². The molecule has 11 heteroatoms. The SMILES string of the molecule is Cc1cc(Nc2nc(Nc3cc(C)c(C4CCN(C(=O)c5ccc[nH]5)CC4)cc3F)ncc2Cl)n[nH]1. The van der Waals surface area contributed by atoms with Crippen molar-refractivity contribution in [3.63, 3.8) is 0 Å². The van der Waals surface area contributed by atoms with Crippen molar-refractivity contribution in [1.29, 1.82) is 0 Å². The average molecular weight is 509 g/mol. The van der Waals surface area contributed by atoms with Gasteiger partial charge in [-0.05, 0) is 68.0 Å². The summed E-state index contributed by atoms with van der Waals surface area (Å²) < 4.78 is 15.1. The lowest BCUT2D eigenvalue weighted by atomic mass is 9.86. The van der Waals surface area contributed by atoms with Crippen molar-refractivity contribution < 1.29 is 9.18 Å². The van der Waals surface area contributed by atoms with Crippen LogP contribution in [-0.2, 0) is 0 Å². The molecule has 1 saturated heterocycles. The molecule has 0 radical (unpaired) electrons. The number of aromatic amines is 2. The van der Waals surface area contributed by atoms with E-state index in [2.05, 4.69) is 35.8 Å². The Morgan fingerprint density at radius 1 is 1.19 bits per heavy atom. The molecule has 1 aliphatic rings. The second-order valence-corrected chi connectivity index (χ2v) is 9.32. The molecule has 0 saturated carbocycles. The number of nitrogens with zero attached hydrogens (tertiary/aromatic N) is 4. The number of carbonyl (C=O) groups excluding carboxylic acids is 1. The zero-order valence-corrected chi connectivity index (χ0v) is 20.7. The Morgan fingerprint density at radius 2 is 2.00 bits per heavy atom. The van der Waals surface area contributed by atoms with Gasteiger partial charge in [-0.15, -0.1) is 0 Å². The number of carbonyl (C=O) groups is 1. The highest BCUT2D eigenvalue weighted by Gasteiger charge is 2.26. The lowest BCUT2D eigenvalue weighted by Gasteiger charge is -2.32. The van der Waals surface area contributed by atoms with E-state index >= 15 is 4.39 Å². The molecule has 1 fully saturated rings. The van der Waals surface area contributed by atoms with Gasteiger partial charge in [-0.3, -0.25) is 9.89 Å². The maximum Gasteiger partial charge on any atom is 0.270 e. The Labute approximate surface area is 212 Å². The van der Waals surface area contributed by atoms with E-state index in [0.717, 1.165) is 29.7 Å². The zero-order chi connectivity index (χ0) is 25.2. The van der Waals surface area contributed by atoms with Gasteiger partial charge in [0.05, 0.1) is 11.9 Å². The van der Waals surface area contributed by atoms with Gasteiger partial charge in [0.2, 0.25) is 5.95 Å². The summed E-state index contributed by atoms with van der Waals surface area (Å²) in [5.41, 5.74) is 3.68. The normalized spacial score (nSPS) is 14.2. The van der Waals surface area contributed by atoms with Crippen LogP contribution in [0.4, 0.5) is 27.7 Å². The number of piperidine rings is 1. The molecule has 1 amide bonds. The Balaban J connectivity index is 1.27. The largest absolute Gasteiger partial charge is 0.357 e. The second kappa shape index (κ2) is 9.98. The Bertz CT molecular complexity index is 1380. The molecule has 3 aromatic heterocycles. The molecule has 186 valence electrons. The fraction of sp³-hybridized carbons (Fsp3) is 0.280. The maximum absolute atomic E-state index is 15.1. The third kappa shape index (κ3) is 5.03. The number of likely N-dealkylation sites (tertiary alicyclic amines) is 1. The first-order valence-electron chi connectivity index (χ1n) is 11.7. The molecule has 4 N–H and O–H groups in total. The molecule has 1 aromatic carbocycles. The first-order chi connectivity index (χ1) is 17.4. The van der Waals surface area contributed by atoms with E-state index in [0.29, 0.717) is 35.4 Å². The number of aromatic nitrogens is 5. The molecule has 9 nitrogen and oxygen atoms in total. The predicted octanol–water partition coefficient (Wildman–Crippen LogP) is 5.44. The van der Waals surface area contributed by atoms with Gasteiger partial charge < -0.3 is 20.5 Å². The summed E-state index contributed by atoms with van der Waals surface area (Å²) in [5, 5.41) is 13.3. The van der Waals surface area contributed by atoms with Crippen LogP contribution in [0.25, 0.3) is 0 Å². The van der Waals surface area contributed by atoms with Gasteiger partial charge in [-0.1, -0.05) is 11.6 Å². The van der Waals surface area contributed by atoms with E-state index in [4.69, 9.17) is 11.6 Å². The van der Waals surface area contributed by atoms with Crippen LogP contribution in [0.15, 0.2) is 42.7 Å². The molecule has 0 bridgehead atoms. The number of halogens is 2. The van der Waals surface area contributed by atoms with Crippen LogP contribution in [0.1, 0.15) is 46.1 Å². The summed E-state index contributed by atoms with van der Waals surface area (Å²) >= 11 is 6.22. The van der Waals surface area contributed by atoms with Crippen LogP contribution < -0.4 is 10.6 Å². The van der Waals surface area contributed by atoms with Gasteiger partial charge in [-0.25, -0.2) is 9.37 Å². The highest BCUT2D eigenvalue weighted by molar-refractivity contribution is 6.32. The fourth-order valence-electron chi connectivity index (χ4n) is 4.50. The van der Waals surface area contributed by atoms with Gasteiger partial charge in [-0.2, -0.15) is 10.1 Å². The van der Waals surface area contributed by atoms with Gasteiger partial charge in [0.25, 0.3) is 5.91 Å². The van der Waals surface area contributed by atoms with Crippen molar-refractivity contribution >= 4 is 40.8 Å². The topological polar surface area (TPSA) is 115 Å². The maximum atomic E-state index is 15.1. The number of hydrogen-bond acceptors (Lipinski definition) is 6. The zero-order valence-electron chi connectivity index (χ0n) is 19.9. The average Bonchev–Trinajstić information content (AvgIpc) is 3.55. The standard InChI is InChI=1S/C25H26ClFN8O/c1-14-10-21(30-25-29-13-18(26)23(32-25)31-22-11-15(2)33-34-22)19(27)12-17(14)16-5-8-35(9-6-16)24(36)20-4-3-7-28-20/h3-4,7,10-13,16,28H,5-6,8-9H2,1-2H3,(H3,29,30,31,32,33,34). The summed E-state index contributed by atoms with van der Waals surface area (Å²) in [5.74, 6) is 0.912. The molecule has 4 aromatic rings. The van der Waals surface area contributed by atoms with Crippen LogP contribution >= 0.6 is 11.6 Å². The van der Waals surface area contributed by atoms with Gasteiger partial charge in [0, 0.05) is 31.0 Å². The van der Waals surface area contributed by atoms with E-state index in [9.17, 15) is 4.79 Å². The number of nitrogens with one attached hydrogen (secondary N) is 4. The van der Waals surface area contributed by atoms with Crippen molar-refractivity contribution in [2.24, 2.45) is 0 Å². The van der Waals surface area contributed by atoms with Crippen LogP contribution in [-0.4, -0.2) is 49.0 Å². The van der Waals surface area contributed by atoms with Crippen molar-refractivity contribution in [3.05, 3.63) is 76.1 Å². The molecule has 1 aliphatic heterocycles. The van der Waals surface area contributed by atoms with E-state index < -0.39 is 5.82 Å². The summed E-state index contributed by atoms with van der Waals surface area (Å²) in [7, 11) is 0. The fourth-order valence-corrected chi connectivity index (χ4v) is 4.64. The lowest BCUT2D eigenvalue weighted by Crippen LogP contribution is -2.38. The highest BCUT2D eigenvalue weighted by atomic mass is 35.5. The van der Waals surface area contributed by atoms with Crippen molar-refractivity contribution in [2.75, 3.05) is 23.7 Å². The summed E-state index contributed by atoms with van der Waals surface area (Å²) in [6, 6.07) is 8.75. The third-order valence-electron chi connectivity index (χ3n) is 6.35. The molecule has 0 spiro atoms. The van der Waals surface area contributed by atoms with Crippen molar-refractivity contribution in [3.8, 4) is 0 Å². The monoisotopic (exact) mass is 508 g/mol. The molecule has 4 heterocycles. The van der Waals surface area contributed by atoms with Gasteiger partial charge in [0.1, 0.15) is 16.5 Å². The minimum absolute atomic E-state index is 0.000136. The molecule has 0 aliphatic carbocycles. The number of hydrogen-bond donors (Lipinski definition) is 4. The Hall–Kier alpha value is -3.92. The van der Waals surface area contributed by atoms with Crippen molar-refractivity contribution in [2.45, 2.75) is 32.6 Å². The number of benzene rings is 1. The van der Waals surface area contributed by atoms with Gasteiger partial charge >= 0.3 is 0 Å². The first-order valence-corrected chi connectivity index (χ1v) is 12.1. The third-order valence-corrected chi connectivity index (χ3v) is 6.63. The molecule has 36 heavy (non-hydrogen) atoms. The number of amides is 1. The molecular formula is C25H26ClFN8O. The van der Waals surface area contributed by atoms with Crippen LogP contribution in [0.3, 0.4) is 0 Å². The number of aryl methyl sites for hydroxylation is 2. The molecule has 5 rings (SSSR count). The van der Waals surface area contributed by atoms with Crippen molar-refractivity contribution in [1.82, 2.24) is 30.0 Å². The number of rotatable bonds is 6. The summed E-state index contributed by atoms with van der Waals surface area (Å²) in [6.45, 7) is 5.11. The van der Waals surface area contributed by atoms with E-state index in [1.54, 1.807) is 24.4 Å². The smallest absolute Gasteiger partial charge is 0.270 e. The Kier molecular flexibility index (Phi) is 6.60. The minimum atomic E-state index is -0.392.